The SMILES string of the molecule is COC(=O)C1=C(C)NC2=C(C(=O)[C@H](C(=O)OC)[C@H](c3cccs3)C2)[C@H]1c1ccc2c(c1)OCO2. The first kappa shape index (κ1) is 22.2. The van der Waals surface area contributed by atoms with Crippen LogP contribution >= 0.6 is 11.3 Å². The van der Waals surface area contributed by atoms with E-state index in [0.717, 1.165) is 4.88 Å². The number of carbonyl (C=O) groups is 3. The second-order valence-electron chi connectivity index (χ2n) is 8.28. The van der Waals surface area contributed by atoms with E-state index in [0.29, 0.717) is 46.0 Å². The molecular formula is C25H23NO7S. The van der Waals surface area contributed by atoms with Crippen molar-refractivity contribution in [2.24, 2.45) is 5.92 Å². The van der Waals surface area contributed by atoms with Crippen LogP contribution in [0.25, 0.3) is 0 Å². The first-order valence-electron chi connectivity index (χ1n) is 10.8. The van der Waals surface area contributed by atoms with E-state index in [1.54, 1.807) is 25.1 Å². The Labute approximate surface area is 200 Å². The monoisotopic (exact) mass is 481 g/mol. The molecular weight excluding hydrogens is 458 g/mol. The highest BCUT2D eigenvalue weighted by Crippen LogP contribution is 2.49. The number of allylic oxidation sites excluding steroid dienone is 3. The highest BCUT2D eigenvalue weighted by Gasteiger charge is 2.49. The minimum absolute atomic E-state index is 0.101. The number of fused-ring (bicyclic) bond motifs is 1. The van der Waals surface area contributed by atoms with Crippen LogP contribution in [-0.4, -0.2) is 38.7 Å². The molecule has 0 radical (unpaired) electrons. The highest BCUT2D eigenvalue weighted by molar-refractivity contribution is 7.10. The topological polar surface area (TPSA) is 100 Å². The molecule has 0 spiro atoms. The number of Topliss-reactive ketones (excluding diaryl/α,β-unsaturated/α-hetero) is 1. The van der Waals surface area contributed by atoms with Crippen LogP contribution in [-0.2, 0) is 23.9 Å². The van der Waals surface area contributed by atoms with Gasteiger partial charge in [0, 0.05) is 33.7 Å². The molecule has 1 aromatic heterocycles. The molecule has 34 heavy (non-hydrogen) atoms. The van der Waals surface area contributed by atoms with E-state index in [1.807, 2.05) is 17.5 Å². The number of ketones is 1. The Morgan fingerprint density at radius 3 is 2.62 bits per heavy atom. The average molecular weight is 482 g/mol. The molecule has 0 unspecified atom stereocenters. The van der Waals surface area contributed by atoms with Gasteiger partial charge in [-0.05, 0) is 42.5 Å². The van der Waals surface area contributed by atoms with Crippen molar-refractivity contribution in [2.45, 2.75) is 25.2 Å². The Morgan fingerprint density at radius 1 is 1.12 bits per heavy atom. The van der Waals surface area contributed by atoms with Crippen molar-refractivity contribution in [3.05, 3.63) is 68.7 Å². The van der Waals surface area contributed by atoms with E-state index in [9.17, 15) is 14.4 Å². The van der Waals surface area contributed by atoms with Crippen LogP contribution < -0.4 is 14.8 Å². The van der Waals surface area contributed by atoms with Gasteiger partial charge < -0.3 is 24.3 Å². The molecule has 3 aliphatic rings. The predicted molar refractivity (Wildman–Crippen MR) is 122 cm³/mol. The van der Waals surface area contributed by atoms with Crippen molar-refractivity contribution in [1.82, 2.24) is 5.32 Å². The summed E-state index contributed by atoms with van der Waals surface area (Å²) in [5, 5.41) is 5.19. The summed E-state index contributed by atoms with van der Waals surface area (Å²) in [5.41, 5.74) is 2.64. The predicted octanol–water partition coefficient (Wildman–Crippen LogP) is 3.41. The first-order chi connectivity index (χ1) is 16.4. The molecule has 5 rings (SSSR count). The Bertz CT molecular complexity index is 1240. The van der Waals surface area contributed by atoms with Crippen molar-refractivity contribution in [3.63, 3.8) is 0 Å². The van der Waals surface area contributed by atoms with E-state index in [-0.39, 0.29) is 18.5 Å². The molecule has 0 saturated heterocycles. The van der Waals surface area contributed by atoms with Gasteiger partial charge in [-0.25, -0.2) is 4.79 Å². The van der Waals surface area contributed by atoms with Gasteiger partial charge in [-0.15, -0.1) is 11.3 Å². The fraction of sp³-hybridized carbons (Fsp3) is 0.320. The summed E-state index contributed by atoms with van der Waals surface area (Å²) in [7, 11) is 2.58. The quantitative estimate of drug-likeness (QED) is 0.524. The number of thiophene rings is 1. The van der Waals surface area contributed by atoms with Crippen LogP contribution in [0, 0.1) is 5.92 Å². The van der Waals surface area contributed by atoms with Crippen LogP contribution in [0.2, 0.25) is 0 Å². The molecule has 9 heteroatoms. The summed E-state index contributed by atoms with van der Waals surface area (Å²) >= 11 is 1.50. The molecule has 1 aliphatic carbocycles. The number of carbonyl (C=O) groups excluding carboxylic acids is 3. The zero-order valence-electron chi connectivity index (χ0n) is 18.9. The third kappa shape index (κ3) is 3.47. The number of hydrogen-bond acceptors (Lipinski definition) is 9. The lowest BCUT2D eigenvalue weighted by atomic mass is 9.68. The van der Waals surface area contributed by atoms with Gasteiger partial charge in [0.15, 0.2) is 17.3 Å². The lowest BCUT2D eigenvalue weighted by molar-refractivity contribution is -0.149. The van der Waals surface area contributed by atoms with Crippen molar-refractivity contribution < 1.29 is 33.3 Å². The number of hydrogen-bond donors (Lipinski definition) is 1. The van der Waals surface area contributed by atoms with Gasteiger partial charge >= 0.3 is 11.9 Å². The van der Waals surface area contributed by atoms with Gasteiger partial charge in [0.1, 0.15) is 5.92 Å². The third-order valence-electron chi connectivity index (χ3n) is 6.52. The van der Waals surface area contributed by atoms with Crippen LogP contribution in [0.4, 0.5) is 0 Å². The number of rotatable bonds is 4. The smallest absolute Gasteiger partial charge is 0.336 e. The van der Waals surface area contributed by atoms with Crippen molar-refractivity contribution >= 4 is 29.1 Å². The summed E-state index contributed by atoms with van der Waals surface area (Å²) in [6.45, 7) is 1.89. The zero-order chi connectivity index (χ0) is 24.0. The average Bonchev–Trinajstić information content (AvgIpc) is 3.54. The summed E-state index contributed by atoms with van der Waals surface area (Å²) < 4.78 is 21.1. The molecule has 1 N–H and O–H groups in total. The second kappa shape index (κ2) is 8.64. The summed E-state index contributed by atoms with van der Waals surface area (Å²) in [6, 6.07) is 9.14. The third-order valence-corrected chi connectivity index (χ3v) is 7.52. The maximum absolute atomic E-state index is 14.0. The molecule has 0 bridgehead atoms. The molecule has 0 saturated carbocycles. The Kier molecular flexibility index (Phi) is 5.65. The number of methoxy groups -OCH3 is 2. The maximum atomic E-state index is 14.0. The van der Waals surface area contributed by atoms with Gasteiger partial charge in [0.25, 0.3) is 0 Å². The second-order valence-corrected chi connectivity index (χ2v) is 9.26. The van der Waals surface area contributed by atoms with E-state index in [4.69, 9.17) is 18.9 Å². The van der Waals surface area contributed by atoms with E-state index in [1.165, 1.54) is 25.6 Å². The lowest BCUT2D eigenvalue weighted by Gasteiger charge is -2.39. The molecule has 176 valence electrons. The van der Waals surface area contributed by atoms with E-state index < -0.39 is 23.8 Å². The van der Waals surface area contributed by atoms with E-state index in [2.05, 4.69) is 5.32 Å². The zero-order valence-corrected chi connectivity index (χ0v) is 19.7. The van der Waals surface area contributed by atoms with E-state index >= 15 is 0 Å². The molecule has 0 fully saturated rings. The maximum Gasteiger partial charge on any atom is 0.336 e. The van der Waals surface area contributed by atoms with Crippen molar-refractivity contribution in [1.29, 1.82) is 0 Å². The van der Waals surface area contributed by atoms with Gasteiger partial charge in [-0.1, -0.05) is 12.1 Å². The van der Waals surface area contributed by atoms with Crippen molar-refractivity contribution in [3.8, 4) is 11.5 Å². The summed E-state index contributed by atoms with van der Waals surface area (Å²) in [4.78, 5) is 40.7. The number of nitrogens with one attached hydrogen (secondary N) is 1. The minimum atomic E-state index is -1.02. The largest absolute Gasteiger partial charge is 0.468 e. The standard InChI is InChI=1S/C25H23NO7S/c1-12-19(24(28)30-2)20(13-6-7-16-17(9-13)33-11-32-16)22-15(26-12)10-14(18-5-4-8-34-18)21(23(22)27)25(29)31-3/h4-9,14,20-21,26H,10-11H2,1-3H3/t14-,20-,21+/m0/s1. The van der Waals surface area contributed by atoms with Crippen LogP contribution in [0.1, 0.15) is 35.6 Å². The van der Waals surface area contributed by atoms with Gasteiger partial charge in [0.05, 0.1) is 19.8 Å². The number of dihydropyridines is 1. The summed E-state index contributed by atoms with van der Waals surface area (Å²) in [5.74, 6) is -2.50. The van der Waals surface area contributed by atoms with Crippen LogP contribution in [0.5, 0.6) is 11.5 Å². The Balaban J connectivity index is 1.68. The fourth-order valence-electron chi connectivity index (χ4n) is 5.01. The Hall–Kier alpha value is -3.59. The van der Waals surface area contributed by atoms with Gasteiger partial charge in [0.2, 0.25) is 6.79 Å². The molecule has 1 aromatic carbocycles. The molecule has 8 nitrogen and oxygen atoms in total. The fourth-order valence-corrected chi connectivity index (χ4v) is 5.87. The molecule has 3 heterocycles. The van der Waals surface area contributed by atoms with Crippen LogP contribution in [0.15, 0.2) is 58.3 Å². The molecule has 2 aromatic rings. The minimum Gasteiger partial charge on any atom is -0.468 e. The number of esters is 2. The Morgan fingerprint density at radius 2 is 1.91 bits per heavy atom. The number of ether oxygens (including phenoxy) is 4. The first-order valence-corrected chi connectivity index (χ1v) is 11.7. The normalized spacial score (nSPS) is 23.4. The molecule has 0 amide bonds. The van der Waals surface area contributed by atoms with Crippen molar-refractivity contribution in [2.75, 3.05) is 21.0 Å². The van der Waals surface area contributed by atoms with Crippen LogP contribution in [0.3, 0.4) is 0 Å². The van der Waals surface area contributed by atoms with Gasteiger partial charge in [-0.2, -0.15) is 0 Å². The van der Waals surface area contributed by atoms with Gasteiger partial charge in [-0.3, -0.25) is 9.59 Å². The molecule has 3 atom stereocenters. The summed E-state index contributed by atoms with van der Waals surface area (Å²) in [6.07, 6.45) is 0.425. The molecule has 2 aliphatic heterocycles. The number of benzene rings is 1. The highest BCUT2D eigenvalue weighted by atomic mass is 32.1. The lowest BCUT2D eigenvalue weighted by Crippen LogP contribution is -2.43.